The van der Waals surface area contributed by atoms with E-state index in [1.165, 1.54) is 37.5 Å². The number of allylic oxidation sites excluding steroid dienone is 2. The predicted molar refractivity (Wildman–Crippen MR) is 158 cm³/mol. The molecule has 0 saturated heterocycles. The molecule has 2 aliphatic carbocycles. The Kier molecular flexibility index (Phi) is 14.3. The van der Waals surface area contributed by atoms with Gasteiger partial charge in [-0.25, -0.2) is 0 Å². The van der Waals surface area contributed by atoms with Crippen molar-refractivity contribution in [2.24, 2.45) is 11.8 Å². The SMILES string of the molecule is CCCP(CCC)C1=Cc2ccccc2[CH]1[Hf+2][CH]1C(P(CC(C)C)CC(C)C)=Cc2ccccc21.[Cl-].[Cl-]. The van der Waals surface area contributed by atoms with Crippen molar-refractivity contribution in [1.82, 2.24) is 0 Å². The zero-order valence-electron chi connectivity index (χ0n) is 23.5. The predicted octanol–water partition coefficient (Wildman–Crippen LogP) is 4.36. The van der Waals surface area contributed by atoms with E-state index in [4.69, 9.17) is 0 Å². The van der Waals surface area contributed by atoms with Crippen molar-refractivity contribution in [2.45, 2.75) is 61.7 Å². The van der Waals surface area contributed by atoms with Gasteiger partial charge in [0, 0.05) is 0 Å². The molecule has 0 fully saturated rings. The first-order chi connectivity index (χ1) is 16.9. The molecule has 0 radical (unpaired) electrons. The first-order valence-electron chi connectivity index (χ1n) is 13.8. The Balaban J connectivity index is 0.00000241. The van der Waals surface area contributed by atoms with Crippen molar-refractivity contribution in [2.75, 3.05) is 24.6 Å². The molecule has 2 aliphatic rings. The first kappa shape index (κ1) is 33.4. The molecule has 0 bridgehead atoms. The summed E-state index contributed by atoms with van der Waals surface area (Å²) < 4.78 is 1.55. The summed E-state index contributed by atoms with van der Waals surface area (Å²) in [6.07, 6.45) is 13.6. The molecule has 200 valence electrons. The van der Waals surface area contributed by atoms with Gasteiger partial charge in [-0.2, -0.15) is 0 Å². The Morgan fingerprint density at radius 1 is 0.649 bits per heavy atom. The topological polar surface area (TPSA) is 0 Å². The second-order valence-corrected chi connectivity index (χ2v) is 21.3. The van der Waals surface area contributed by atoms with Crippen molar-refractivity contribution >= 4 is 28.0 Å². The fraction of sp³-hybridized carbons (Fsp3) is 0.500. The Morgan fingerprint density at radius 3 is 1.46 bits per heavy atom. The van der Waals surface area contributed by atoms with E-state index in [1.54, 1.807) is 22.3 Å². The summed E-state index contributed by atoms with van der Waals surface area (Å²) in [7, 11) is -0.0583. The molecule has 2 unspecified atom stereocenters. The normalized spacial score (nSPS) is 17.8. The monoisotopic (exact) mass is 740 g/mol. The van der Waals surface area contributed by atoms with Gasteiger partial charge < -0.3 is 24.8 Å². The van der Waals surface area contributed by atoms with Gasteiger partial charge in [-0.05, 0) is 0 Å². The van der Waals surface area contributed by atoms with E-state index >= 15 is 0 Å². The van der Waals surface area contributed by atoms with Crippen LogP contribution in [0.5, 0.6) is 0 Å². The number of halogens is 2. The minimum atomic E-state index is -1.12. The zero-order chi connectivity index (χ0) is 24.9. The number of rotatable bonds is 12. The van der Waals surface area contributed by atoms with E-state index in [-0.39, 0.29) is 40.7 Å². The summed E-state index contributed by atoms with van der Waals surface area (Å²) in [6.45, 7) is 14.5. The Bertz CT molecular complexity index is 1050. The standard InChI is InChI=1S/C17H24P.C15H20P.2ClH.Hf/c1-13(2)11-18(12-14(3)4)17-9-15-7-5-6-8-16(15)10-17;1-3-9-16(10-4-2)15-11-13-7-5-6-8-14(13)12-15;;;/h5-10,13-14H,11-12H2,1-4H3;5-8,11-12H,3-4,9-10H2,1-2H3;2*1H;/q;;;;+2/p-2. The molecule has 2 aromatic rings. The van der Waals surface area contributed by atoms with Gasteiger partial charge in [-0.3, -0.25) is 0 Å². The molecule has 0 saturated carbocycles. The van der Waals surface area contributed by atoms with Gasteiger partial charge in [0.25, 0.3) is 0 Å². The van der Waals surface area contributed by atoms with E-state index < -0.39 is 22.9 Å². The Hall–Kier alpha value is 0.230. The summed E-state index contributed by atoms with van der Waals surface area (Å²) in [4.78, 5) is 0. The molecule has 0 heterocycles. The van der Waals surface area contributed by atoms with Gasteiger partial charge >= 0.3 is 231 Å². The van der Waals surface area contributed by atoms with Crippen LogP contribution >= 0.6 is 15.8 Å². The maximum absolute atomic E-state index is 2.68. The van der Waals surface area contributed by atoms with Crippen molar-refractivity contribution in [1.29, 1.82) is 0 Å². The van der Waals surface area contributed by atoms with Crippen LogP contribution in [0.3, 0.4) is 0 Å². The van der Waals surface area contributed by atoms with Gasteiger partial charge in [0.05, 0.1) is 0 Å². The first-order valence-corrected chi connectivity index (χ1v) is 21.4. The van der Waals surface area contributed by atoms with Crippen LogP contribution in [0.25, 0.3) is 12.2 Å². The second kappa shape index (κ2) is 15.9. The Morgan fingerprint density at radius 2 is 1.05 bits per heavy atom. The van der Waals surface area contributed by atoms with Gasteiger partial charge in [0.1, 0.15) is 0 Å². The molecular weight excluding hydrogens is 696 g/mol. The molecule has 2 aromatic carbocycles. The fourth-order valence-electron chi connectivity index (χ4n) is 5.76. The van der Waals surface area contributed by atoms with Crippen molar-refractivity contribution in [3.8, 4) is 0 Å². The molecule has 0 aromatic heterocycles. The minimum absolute atomic E-state index is 0. The van der Waals surface area contributed by atoms with Crippen molar-refractivity contribution < 1.29 is 47.7 Å². The van der Waals surface area contributed by atoms with Gasteiger partial charge in [0.15, 0.2) is 0 Å². The molecule has 4 rings (SSSR count). The number of fused-ring (bicyclic) bond motifs is 2. The molecular formula is C32H44Cl2HfP2. The molecule has 0 aliphatic heterocycles. The zero-order valence-corrected chi connectivity index (χ0v) is 30.4. The van der Waals surface area contributed by atoms with Gasteiger partial charge in [-0.1, -0.05) is 0 Å². The van der Waals surface area contributed by atoms with Gasteiger partial charge in [-0.15, -0.1) is 0 Å². The smallest absolute Gasteiger partial charge is 1.00 e. The average Bonchev–Trinajstić information content (AvgIpc) is 3.37. The maximum Gasteiger partial charge on any atom is -1.00 e. The summed E-state index contributed by atoms with van der Waals surface area (Å²) in [6, 6.07) is 18.9. The third-order valence-electron chi connectivity index (χ3n) is 7.03. The third kappa shape index (κ3) is 8.14. The summed E-state index contributed by atoms with van der Waals surface area (Å²) in [5, 5.41) is 3.76. The van der Waals surface area contributed by atoms with E-state index in [2.05, 4.69) is 102 Å². The van der Waals surface area contributed by atoms with Crippen LogP contribution in [-0.2, 0) is 22.9 Å². The average molecular weight is 740 g/mol. The Labute approximate surface area is 253 Å². The van der Waals surface area contributed by atoms with E-state index in [1.807, 2.05) is 10.6 Å². The quantitative estimate of drug-likeness (QED) is 0.225. The van der Waals surface area contributed by atoms with Crippen LogP contribution in [0.2, 0.25) is 0 Å². The van der Waals surface area contributed by atoms with Crippen LogP contribution in [0.15, 0.2) is 59.2 Å². The second-order valence-electron chi connectivity index (χ2n) is 11.1. The van der Waals surface area contributed by atoms with Crippen molar-refractivity contribution in [3.63, 3.8) is 0 Å². The number of hydrogen-bond donors (Lipinski definition) is 0. The minimum Gasteiger partial charge on any atom is -1.00 e. The number of benzene rings is 2. The van der Waals surface area contributed by atoms with Crippen LogP contribution in [0, 0.1) is 11.8 Å². The largest absolute Gasteiger partial charge is 1.00 e. The van der Waals surface area contributed by atoms with Crippen LogP contribution in [0.4, 0.5) is 0 Å². The molecule has 0 spiro atoms. The fourth-order valence-corrected chi connectivity index (χ4v) is 22.9. The van der Waals surface area contributed by atoms with E-state index in [0.29, 0.717) is 0 Å². The van der Waals surface area contributed by atoms with E-state index in [0.717, 1.165) is 19.2 Å². The van der Waals surface area contributed by atoms with Gasteiger partial charge in [0.2, 0.25) is 0 Å². The molecule has 2 atom stereocenters. The van der Waals surface area contributed by atoms with Crippen LogP contribution in [0.1, 0.15) is 84.0 Å². The summed E-state index contributed by atoms with van der Waals surface area (Å²) in [5.41, 5.74) is 6.46. The summed E-state index contributed by atoms with van der Waals surface area (Å²) >= 11 is -1.12. The number of hydrogen-bond acceptors (Lipinski definition) is 0. The molecule has 0 nitrogen and oxygen atoms in total. The van der Waals surface area contributed by atoms with E-state index in [9.17, 15) is 0 Å². The maximum atomic E-state index is 2.68. The molecule has 37 heavy (non-hydrogen) atoms. The molecule has 0 N–H and O–H groups in total. The van der Waals surface area contributed by atoms with Crippen LogP contribution in [-0.4, -0.2) is 24.6 Å². The molecule has 5 heteroatoms. The molecule has 0 amide bonds. The van der Waals surface area contributed by atoms with Crippen molar-refractivity contribution in [3.05, 3.63) is 81.4 Å². The third-order valence-corrected chi connectivity index (χ3v) is 22.2. The van der Waals surface area contributed by atoms with Crippen LogP contribution < -0.4 is 24.8 Å². The summed E-state index contributed by atoms with van der Waals surface area (Å²) in [5.74, 6) is 1.56.